The van der Waals surface area contributed by atoms with Gasteiger partial charge in [0.2, 0.25) is 5.76 Å². The highest BCUT2D eigenvalue weighted by atomic mass is 16.7. The number of hydrogen-bond donors (Lipinski definition) is 1. The fourth-order valence-electron chi connectivity index (χ4n) is 2.95. The summed E-state index contributed by atoms with van der Waals surface area (Å²) in [6.07, 6.45) is 4.07. The maximum absolute atomic E-state index is 11.9. The van der Waals surface area contributed by atoms with Crippen molar-refractivity contribution >= 4 is 5.91 Å². The summed E-state index contributed by atoms with van der Waals surface area (Å²) in [4.78, 5) is 11.9. The molecule has 1 amide bonds. The molecule has 0 bridgehead atoms. The number of nitrogens with one attached hydrogen (secondary N) is 1. The molecule has 2 aliphatic rings. The van der Waals surface area contributed by atoms with E-state index in [1.165, 1.54) is 0 Å². The topological polar surface area (TPSA) is 73.6 Å². The van der Waals surface area contributed by atoms with Crippen molar-refractivity contribution in [1.82, 2.24) is 10.5 Å². The summed E-state index contributed by atoms with van der Waals surface area (Å²) in [5.41, 5.74) is 0.691. The summed E-state index contributed by atoms with van der Waals surface area (Å²) in [6.45, 7) is 5.00. The summed E-state index contributed by atoms with van der Waals surface area (Å²) in [5.74, 6) is 0.298. The second kappa shape index (κ2) is 5.77. The van der Waals surface area contributed by atoms with Crippen molar-refractivity contribution in [1.29, 1.82) is 0 Å². The van der Waals surface area contributed by atoms with E-state index in [1.54, 1.807) is 13.0 Å². The van der Waals surface area contributed by atoms with Gasteiger partial charge in [0.25, 0.3) is 5.91 Å². The lowest BCUT2D eigenvalue weighted by Crippen LogP contribution is -2.38. The van der Waals surface area contributed by atoms with Crippen LogP contribution in [0.1, 0.15) is 48.9 Å². The Hall–Kier alpha value is -1.40. The highest BCUT2D eigenvalue weighted by Crippen LogP contribution is 2.39. The van der Waals surface area contributed by atoms with Gasteiger partial charge in [-0.15, -0.1) is 0 Å². The Morgan fingerprint density at radius 1 is 1.48 bits per heavy atom. The first-order chi connectivity index (χ1) is 10.1. The smallest absolute Gasteiger partial charge is 0.289 e. The minimum Gasteiger partial charge on any atom is -0.351 e. The van der Waals surface area contributed by atoms with Crippen LogP contribution in [-0.2, 0) is 9.47 Å². The lowest BCUT2D eigenvalue weighted by molar-refractivity contribution is -0.191. The predicted molar refractivity (Wildman–Crippen MR) is 74.8 cm³/mol. The second-order valence-electron chi connectivity index (χ2n) is 6.19. The SMILES string of the molecule is Cc1cc(C(=O)NCC2COC3(CCC(C)CC3)O2)on1. The number of aromatic nitrogens is 1. The van der Waals surface area contributed by atoms with Crippen molar-refractivity contribution in [2.45, 2.75) is 51.4 Å². The summed E-state index contributed by atoms with van der Waals surface area (Å²) in [7, 11) is 0. The maximum atomic E-state index is 11.9. The number of rotatable bonds is 3. The van der Waals surface area contributed by atoms with Crippen LogP contribution in [-0.4, -0.2) is 36.1 Å². The van der Waals surface area contributed by atoms with Crippen LogP contribution in [0.2, 0.25) is 0 Å². The third-order valence-corrected chi connectivity index (χ3v) is 4.29. The van der Waals surface area contributed by atoms with Gasteiger partial charge in [0.1, 0.15) is 6.10 Å². The number of hydrogen-bond acceptors (Lipinski definition) is 5. The molecule has 1 atom stereocenters. The zero-order valence-electron chi connectivity index (χ0n) is 12.6. The third-order valence-electron chi connectivity index (χ3n) is 4.29. The molecule has 3 rings (SSSR count). The van der Waals surface area contributed by atoms with E-state index in [-0.39, 0.29) is 17.8 Å². The van der Waals surface area contributed by atoms with E-state index in [0.29, 0.717) is 18.8 Å². The molecule has 0 aromatic carbocycles. The number of nitrogens with zero attached hydrogens (tertiary/aromatic N) is 1. The number of carbonyl (C=O) groups excluding carboxylic acids is 1. The van der Waals surface area contributed by atoms with E-state index >= 15 is 0 Å². The van der Waals surface area contributed by atoms with Crippen molar-refractivity contribution in [2.75, 3.05) is 13.2 Å². The van der Waals surface area contributed by atoms with Crippen LogP contribution in [0.5, 0.6) is 0 Å². The van der Waals surface area contributed by atoms with Crippen LogP contribution in [0.4, 0.5) is 0 Å². The Bertz CT molecular complexity index is 506. The van der Waals surface area contributed by atoms with E-state index in [0.717, 1.165) is 31.6 Å². The zero-order valence-corrected chi connectivity index (χ0v) is 12.6. The van der Waals surface area contributed by atoms with E-state index in [9.17, 15) is 4.79 Å². The highest BCUT2D eigenvalue weighted by Gasteiger charge is 2.43. The summed E-state index contributed by atoms with van der Waals surface area (Å²) >= 11 is 0. The van der Waals surface area contributed by atoms with E-state index in [2.05, 4.69) is 17.4 Å². The van der Waals surface area contributed by atoms with Crippen molar-refractivity contribution in [3.63, 3.8) is 0 Å². The number of carbonyl (C=O) groups is 1. The molecule has 1 aromatic rings. The first kappa shape index (κ1) is 14.5. The predicted octanol–water partition coefficient (Wildman–Crippen LogP) is 2.03. The third kappa shape index (κ3) is 3.27. The molecule has 1 aliphatic carbocycles. The molecular weight excluding hydrogens is 272 g/mol. The lowest BCUT2D eigenvalue weighted by atomic mass is 9.86. The summed E-state index contributed by atoms with van der Waals surface area (Å²) < 4.78 is 16.9. The van der Waals surface area contributed by atoms with Crippen LogP contribution in [0.3, 0.4) is 0 Å². The molecule has 1 spiro atoms. The fourth-order valence-corrected chi connectivity index (χ4v) is 2.95. The molecule has 6 nitrogen and oxygen atoms in total. The standard InChI is InChI=1S/C15H22N2O4/c1-10-3-5-15(6-4-10)19-9-12(20-15)8-16-14(18)13-7-11(2)17-21-13/h7,10,12H,3-6,8-9H2,1-2H3,(H,16,18). The molecule has 6 heteroatoms. The van der Waals surface area contributed by atoms with E-state index in [4.69, 9.17) is 14.0 Å². The zero-order chi connectivity index (χ0) is 14.9. The summed E-state index contributed by atoms with van der Waals surface area (Å²) in [5, 5.41) is 6.51. The van der Waals surface area contributed by atoms with Crippen LogP contribution < -0.4 is 5.32 Å². The Morgan fingerprint density at radius 3 is 2.90 bits per heavy atom. The van der Waals surface area contributed by atoms with Gasteiger partial charge in [-0.25, -0.2) is 0 Å². The van der Waals surface area contributed by atoms with E-state index in [1.807, 2.05) is 0 Å². The van der Waals surface area contributed by atoms with Crippen molar-refractivity contribution in [2.24, 2.45) is 5.92 Å². The van der Waals surface area contributed by atoms with Gasteiger partial charge in [0.05, 0.1) is 12.3 Å². The lowest BCUT2D eigenvalue weighted by Gasteiger charge is -2.34. The van der Waals surface area contributed by atoms with Crippen molar-refractivity contribution < 1.29 is 18.8 Å². The molecule has 1 saturated heterocycles. The molecule has 2 fully saturated rings. The molecule has 21 heavy (non-hydrogen) atoms. The molecule has 1 unspecified atom stereocenters. The van der Waals surface area contributed by atoms with Gasteiger partial charge in [-0.2, -0.15) is 0 Å². The quantitative estimate of drug-likeness (QED) is 0.923. The average molecular weight is 294 g/mol. The fraction of sp³-hybridized carbons (Fsp3) is 0.733. The number of aryl methyl sites for hydroxylation is 1. The van der Waals surface area contributed by atoms with Gasteiger partial charge >= 0.3 is 0 Å². The Balaban J connectivity index is 1.48. The Labute approximate surface area is 124 Å². The maximum Gasteiger partial charge on any atom is 0.289 e. The van der Waals surface area contributed by atoms with Gasteiger partial charge < -0.3 is 19.3 Å². The largest absolute Gasteiger partial charge is 0.351 e. The molecule has 2 heterocycles. The molecule has 1 N–H and O–H groups in total. The Morgan fingerprint density at radius 2 is 2.24 bits per heavy atom. The Kier molecular flexibility index (Phi) is 3.99. The highest BCUT2D eigenvalue weighted by molar-refractivity contribution is 5.91. The molecular formula is C15H22N2O4. The van der Waals surface area contributed by atoms with Crippen LogP contribution >= 0.6 is 0 Å². The van der Waals surface area contributed by atoms with Crippen LogP contribution in [0.25, 0.3) is 0 Å². The van der Waals surface area contributed by atoms with Gasteiger partial charge in [0.15, 0.2) is 5.79 Å². The molecule has 1 aromatic heterocycles. The van der Waals surface area contributed by atoms with Gasteiger partial charge in [-0.3, -0.25) is 4.79 Å². The first-order valence-corrected chi connectivity index (χ1v) is 7.60. The molecule has 116 valence electrons. The second-order valence-corrected chi connectivity index (χ2v) is 6.19. The first-order valence-electron chi connectivity index (χ1n) is 7.60. The van der Waals surface area contributed by atoms with Gasteiger partial charge in [0, 0.05) is 25.5 Å². The monoisotopic (exact) mass is 294 g/mol. The average Bonchev–Trinajstić information content (AvgIpc) is 3.07. The van der Waals surface area contributed by atoms with Crippen LogP contribution in [0.15, 0.2) is 10.6 Å². The van der Waals surface area contributed by atoms with Crippen molar-refractivity contribution in [3.05, 3.63) is 17.5 Å². The minimum absolute atomic E-state index is 0.0913. The molecule has 1 aliphatic heterocycles. The minimum atomic E-state index is -0.412. The normalized spacial score (nSPS) is 32.5. The van der Waals surface area contributed by atoms with E-state index < -0.39 is 5.79 Å². The van der Waals surface area contributed by atoms with Gasteiger partial charge in [-0.1, -0.05) is 12.1 Å². The number of amides is 1. The van der Waals surface area contributed by atoms with Crippen LogP contribution in [0, 0.1) is 12.8 Å². The molecule has 0 radical (unpaired) electrons. The van der Waals surface area contributed by atoms with Gasteiger partial charge in [-0.05, 0) is 25.7 Å². The summed E-state index contributed by atoms with van der Waals surface area (Å²) in [6, 6.07) is 1.62. The molecule has 1 saturated carbocycles. The number of ether oxygens (including phenoxy) is 2. The van der Waals surface area contributed by atoms with Crippen molar-refractivity contribution in [3.8, 4) is 0 Å².